The predicted molar refractivity (Wildman–Crippen MR) is 83.2 cm³/mol. The Labute approximate surface area is 133 Å². The van der Waals surface area contributed by atoms with Crippen LogP contribution in [0.3, 0.4) is 0 Å². The Kier molecular flexibility index (Phi) is 5.68. The van der Waals surface area contributed by atoms with Crippen molar-refractivity contribution in [2.45, 2.75) is 55.8 Å². The van der Waals surface area contributed by atoms with E-state index in [1.165, 1.54) is 12.5 Å². The van der Waals surface area contributed by atoms with Crippen molar-refractivity contribution in [3.8, 4) is 0 Å². The molecular formula is C14H19ClO4S2. The third-order valence-corrected chi connectivity index (χ3v) is 7.02. The SMILES string of the molecule is CCC1CCCCC1OC(=O)Cc1ccc(S(=O)(=O)Cl)s1. The largest absolute Gasteiger partial charge is 0.462 e. The zero-order chi connectivity index (χ0) is 15.5. The number of halogens is 1. The van der Waals surface area contributed by atoms with Gasteiger partial charge >= 0.3 is 5.97 Å². The fourth-order valence-electron chi connectivity index (χ4n) is 2.73. The first-order valence-corrected chi connectivity index (χ1v) is 10.3. The third-order valence-electron chi connectivity index (χ3n) is 3.84. The summed E-state index contributed by atoms with van der Waals surface area (Å²) in [6.45, 7) is 2.12. The van der Waals surface area contributed by atoms with Gasteiger partial charge in [0.15, 0.2) is 0 Å². The molecule has 0 bridgehead atoms. The molecule has 118 valence electrons. The average molecular weight is 351 g/mol. The van der Waals surface area contributed by atoms with Crippen molar-refractivity contribution in [3.63, 3.8) is 0 Å². The molecule has 0 radical (unpaired) electrons. The van der Waals surface area contributed by atoms with Gasteiger partial charge < -0.3 is 4.74 Å². The summed E-state index contributed by atoms with van der Waals surface area (Å²) in [5.41, 5.74) is 0. The molecule has 1 aliphatic rings. The molecule has 7 heteroatoms. The highest BCUT2D eigenvalue weighted by molar-refractivity contribution is 8.15. The molecule has 21 heavy (non-hydrogen) atoms. The van der Waals surface area contributed by atoms with Gasteiger partial charge in [-0.05, 0) is 43.7 Å². The first-order chi connectivity index (χ1) is 9.90. The van der Waals surface area contributed by atoms with Crippen molar-refractivity contribution in [1.82, 2.24) is 0 Å². The highest BCUT2D eigenvalue weighted by Crippen LogP contribution is 2.30. The van der Waals surface area contributed by atoms with Crippen molar-refractivity contribution >= 4 is 37.0 Å². The Morgan fingerprint density at radius 1 is 1.38 bits per heavy atom. The normalized spacial score (nSPS) is 23.0. The first kappa shape index (κ1) is 16.8. The van der Waals surface area contributed by atoms with E-state index in [-0.39, 0.29) is 22.7 Å². The monoisotopic (exact) mass is 350 g/mol. The van der Waals surface area contributed by atoms with E-state index < -0.39 is 9.05 Å². The van der Waals surface area contributed by atoms with Gasteiger partial charge in [-0.1, -0.05) is 13.3 Å². The van der Waals surface area contributed by atoms with Crippen LogP contribution in [-0.4, -0.2) is 20.5 Å². The van der Waals surface area contributed by atoms with E-state index in [4.69, 9.17) is 15.4 Å². The van der Waals surface area contributed by atoms with Crippen LogP contribution in [0, 0.1) is 5.92 Å². The minimum Gasteiger partial charge on any atom is -0.462 e. The molecule has 2 atom stereocenters. The van der Waals surface area contributed by atoms with Gasteiger partial charge in [-0.25, -0.2) is 8.42 Å². The molecule has 0 saturated heterocycles. The summed E-state index contributed by atoms with van der Waals surface area (Å²) in [6, 6.07) is 3.03. The zero-order valence-electron chi connectivity index (χ0n) is 11.9. The Hall–Kier alpha value is -0.590. The maximum Gasteiger partial charge on any atom is 0.311 e. The molecule has 0 aromatic carbocycles. The number of hydrogen-bond donors (Lipinski definition) is 0. The van der Waals surface area contributed by atoms with Gasteiger partial charge in [0.25, 0.3) is 9.05 Å². The van der Waals surface area contributed by atoms with Crippen molar-refractivity contribution in [2.24, 2.45) is 5.92 Å². The van der Waals surface area contributed by atoms with Gasteiger partial charge in [0, 0.05) is 15.6 Å². The smallest absolute Gasteiger partial charge is 0.311 e. The summed E-state index contributed by atoms with van der Waals surface area (Å²) >= 11 is 1.02. The molecule has 1 aliphatic carbocycles. The minimum atomic E-state index is -3.72. The van der Waals surface area contributed by atoms with Crippen molar-refractivity contribution < 1.29 is 17.9 Å². The Morgan fingerprint density at radius 3 is 2.71 bits per heavy atom. The van der Waals surface area contributed by atoms with Gasteiger partial charge in [-0.2, -0.15) is 0 Å². The standard InChI is InChI=1S/C14H19ClO4S2/c1-2-10-5-3-4-6-12(10)19-13(16)9-11-7-8-14(20-11)21(15,17)18/h7-8,10,12H,2-6,9H2,1H3. The lowest BCUT2D eigenvalue weighted by molar-refractivity contribution is -0.152. The number of esters is 1. The molecule has 4 nitrogen and oxygen atoms in total. The van der Waals surface area contributed by atoms with E-state index in [2.05, 4.69) is 6.92 Å². The van der Waals surface area contributed by atoms with Crippen LogP contribution < -0.4 is 0 Å². The zero-order valence-corrected chi connectivity index (χ0v) is 14.3. The van der Waals surface area contributed by atoms with E-state index in [1.807, 2.05) is 0 Å². The van der Waals surface area contributed by atoms with E-state index in [0.717, 1.165) is 37.0 Å². The number of carbonyl (C=O) groups excluding carboxylic acids is 1. The fourth-order valence-corrected chi connectivity index (χ4v) is 4.84. The van der Waals surface area contributed by atoms with Crippen LogP contribution >= 0.6 is 22.0 Å². The maximum absolute atomic E-state index is 12.0. The number of rotatable bonds is 5. The molecule has 0 aliphatic heterocycles. The van der Waals surface area contributed by atoms with Crippen LogP contribution in [0.15, 0.2) is 16.3 Å². The summed E-state index contributed by atoms with van der Waals surface area (Å²) in [6.07, 6.45) is 5.47. The number of thiophene rings is 1. The average Bonchev–Trinajstić information content (AvgIpc) is 2.87. The molecule has 0 N–H and O–H groups in total. The van der Waals surface area contributed by atoms with E-state index in [0.29, 0.717) is 10.8 Å². The lowest BCUT2D eigenvalue weighted by atomic mass is 9.85. The number of hydrogen-bond acceptors (Lipinski definition) is 5. The summed E-state index contributed by atoms with van der Waals surface area (Å²) < 4.78 is 28.0. The summed E-state index contributed by atoms with van der Waals surface area (Å²) in [7, 11) is 1.55. The third kappa shape index (κ3) is 4.69. The quantitative estimate of drug-likeness (QED) is 0.599. The van der Waals surface area contributed by atoms with Crippen molar-refractivity contribution in [3.05, 3.63) is 17.0 Å². The Morgan fingerprint density at radius 2 is 2.10 bits per heavy atom. The molecule has 1 aromatic rings. The van der Waals surface area contributed by atoms with Gasteiger partial charge in [-0.3, -0.25) is 4.79 Å². The van der Waals surface area contributed by atoms with Crippen LogP contribution in [-0.2, 0) is 25.0 Å². The fraction of sp³-hybridized carbons (Fsp3) is 0.643. The maximum atomic E-state index is 12.0. The topological polar surface area (TPSA) is 60.4 Å². The predicted octanol–water partition coefficient (Wildman–Crippen LogP) is 3.73. The molecule has 2 unspecified atom stereocenters. The summed E-state index contributed by atoms with van der Waals surface area (Å²) in [4.78, 5) is 12.7. The first-order valence-electron chi connectivity index (χ1n) is 7.13. The van der Waals surface area contributed by atoms with Crippen LogP contribution in [0.2, 0.25) is 0 Å². The van der Waals surface area contributed by atoms with Crippen molar-refractivity contribution in [2.75, 3.05) is 0 Å². The second-order valence-electron chi connectivity index (χ2n) is 5.32. The minimum absolute atomic E-state index is 0.00689. The molecule has 1 aromatic heterocycles. The molecule has 0 amide bonds. The molecule has 0 spiro atoms. The highest BCUT2D eigenvalue weighted by Gasteiger charge is 2.27. The van der Waals surface area contributed by atoms with Gasteiger partial charge in [0.05, 0.1) is 6.42 Å². The molecule has 1 fully saturated rings. The molecule has 1 heterocycles. The summed E-state index contributed by atoms with van der Waals surface area (Å²) in [5.74, 6) is 0.158. The second-order valence-corrected chi connectivity index (χ2v) is 9.28. The van der Waals surface area contributed by atoms with Gasteiger partial charge in [0.1, 0.15) is 10.3 Å². The van der Waals surface area contributed by atoms with Crippen molar-refractivity contribution in [1.29, 1.82) is 0 Å². The van der Waals surface area contributed by atoms with E-state index in [1.54, 1.807) is 6.07 Å². The number of ether oxygens (including phenoxy) is 1. The molecular weight excluding hydrogens is 332 g/mol. The van der Waals surface area contributed by atoms with E-state index in [9.17, 15) is 13.2 Å². The van der Waals surface area contributed by atoms with Crippen LogP contribution in [0.5, 0.6) is 0 Å². The van der Waals surface area contributed by atoms with Crippen LogP contribution in [0.4, 0.5) is 0 Å². The van der Waals surface area contributed by atoms with Gasteiger partial charge in [-0.15, -0.1) is 11.3 Å². The lowest BCUT2D eigenvalue weighted by Crippen LogP contribution is -2.30. The Bertz CT molecular complexity index is 594. The number of carbonyl (C=O) groups is 1. The van der Waals surface area contributed by atoms with Crippen LogP contribution in [0.25, 0.3) is 0 Å². The second kappa shape index (κ2) is 7.11. The van der Waals surface area contributed by atoms with Crippen LogP contribution in [0.1, 0.15) is 43.9 Å². The molecule has 2 rings (SSSR count). The van der Waals surface area contributed by atoms with E-state index >= 15 is 0 Å². The summed E-state index contributed by atoms with van der Waals surface area (Å²) in [5, 5.41) is 0. The Balaban J connectivity index is 1.93. The van der Waals surface area contributed by atoms with Gasteiger partial charge in [0.2, 0.25) is 0 Å². The molecule has 1 saturated carbocycles. The lowest BCUT2D eigenvalue weighted by Gasteiger charge is -2.30. The highest BCUT2D eigenvalue weighted by atomic mass is 35.7.